The Morgan fingerprint density at radius 2 is 1.75 bits per heavy atom. The van der Waals surface area contributed by atoms with Crippen LogP contribution in [0.15, 0.2) is 16.4 Å². The molecule has 2 rings (SSSR count). The SMILES string of the molecule is CC(C)OP(=O)(OC(C)C)C(Br)=Cc1cc(-c2nn(C)c(OC(F)F)c2Cl)c(F)cc1Cl. The molecule has 0 saturated carbocycles. The van der Waals surface area contributed by atoms with Crippen molar-refractivity contribution in [2.45, 2.75) is 46.5 Å². The maximum atomic E-state index is 14.7. The quantitative estimate of drug-likeness (QED) is 0.283. The van der Waals surface area contributed by atoms with E-state index >= 15 is 0 Å². The van der Waals surface area contributed by atoms with Crippen molar-refractivity contribution in [2.75, 3.05) is 0 Å². The van der Waals surface area contributed by atoms with Crippen LogP contribution in [0.1, 0.15) is 33.3 Å². The molecule has 32 heavy (non-hydrogen) atoms. The number of ether oxygens (including phenoxy) is 1. The summed E-state index contributed by atoms with van der Waals surface area (Å²) in [6.07, 6.45) is 0.533. The molecular weight excluding hydrogens is 559 g/mol. The topological polar surface area (TPSA) is 62.6 Å². The molecule has 0 amide bonds. The van der Waals surface area contributed by atoms with Gasteiger partial charge in [0, 0.05) is 12.6 Å². The Morgan fingerprint density at radius 3 is 2.25 bits per heavy atom. The van der Waals surface area contributed by atoms with Gasteiger partial charge in [-0.1, -0.05) is 23.2 Å². The minimum Gasteiger partial charge on any atom is -0.416 e. The molecule has 0 fully saturated rings. The Morgan fingerprint density at radius 1 is 1.19 bits per heavy atom. The minimum absolute atomic E-state index is 0.0139. The number of hydrogen-bond donors (Lipinski definition) is 0. The van der Waals surface area contributed by atoms with Crippen LogP contribution in [0.3, 0.4) is 0 Å². The van der Waals surface area contributed by atoms with Crippen molar-refractivity contribution in [1.29, 1.82) is 0 Å². The van der Waals surface area contributed by atoms with Gasteiger partial charge >= 0.3 is 14.2 Å². The number of nitrogens with zero attached hydrogens (tertiary/aromatic N) is 2. The highest BCUT2D eigenvalue weighted by Crippen LogP contribution is 2.61. The predicted molar refractivity (Wildman–Crippen MR) is 122 cm³/mol. The van der Waals surface area contributed by atoms with Gasteiger partial charge in [-0.2, -0.15) is 13.9 Å². The largest absolute Gasteiger partial charge is 0.416 e. The molecule has 1 aromatic carbocycles. The average molecular weight is 580 g/mol. The molecule has 0 aliphatic heterocycles. The van der Waals surface area contributed by atoms with Crippen molar-refractivity contribution in [3.63, 3.8) is 0 Å². The molecule has 0 aliphatic carbocycles. The lowest BCUT2D eigenvalue weighted by Gasteiger charge is -2.22. The predicted octanol–water partition coefficient (Wildman–Crippen LogP) is 7.87. The molecule has 0 spiro atoms. The van der Waals surface area contributed by atoms with Gasteiger partial charge in [0.2, 0.25) is 5.88 Å². The van der Waals surface area contributed by atoms with Gasteiger partial charge in [-0.15, -0.1) is 0 Å². The van der Waals surface area contributed by atoms with Crippen LogP contribution < -0.4 is 4.74 Å². The third kappa shape index (κ3) is 6.52. The van der Waals surface area contributed by atoms with Gasteiger partial charge < -0.3 is 13.8 Å². The Bertz CT molecular complexity index is 1050. The maximum absolute atomic E-state index is 14.7. The van der Waals surface area contributed by atoms with Gasteiger partial charge in [-0.05, 0) is 67.4 Å². The molecule has 2 aromatic rings. The van der Waals surface area contributed by atoms with Crippen LogP contribution in [0.2, 0.25) is 10.0 Å². The second-order valence-electron chi connectivity index (χ2n) is 7.10. The van der Waals surface area contributed by atoms with Crippen LogP contribution in [-0.4, -0.2) is 28.6 Å². The van der Waals surface area contributed by atoms with Crippen molar-refractivity contribution >= 4 is 52.8 Å². The lowest BCUT2D eigenvalue weighted by molar-refractivity contribution is -0.0552. The molecule has 1 heterocycles. The van der Waals surface area contributed by atoms with E-state index in [0.717, 1.165) is 10.7 Å². The van der Waals surface area contributed by atoms with Gasteiger partial charge in [-0.3, -0.25) is 4.57 Å². The van der Waals surface area contributed by atoms with E-state index in [1.165, 1.54) is 19.2 Å². The number of aryl methyl sites for hydroxylation is 1. The van der Waals surface area contributed by atoms with E-state index in [1.54, 1.807) is 27.7 Å². The average Bonchev–Trinajstić information content (AvgIpc) is 2.90. The van der Waals surface area contributed by atoms with E-state index in [4.69, 9.17) is 32.2 Å². The van der Waals surface area contributed by atoms with Gasteiger partial charge in [-0.25, -0.2) is 9.07 Å². The zero-order valence-electron chi connectivity index (χ0n) is 17.7. The number of halogens is 6. The first-order valence-corrected chi connectivity index (χ1v) is 12.4. The summed E-state index contributed by atoms with van der Waals surface area (Å²) in [6.45, 7) is 3.64. The van der Waals surface area contributed by atoms with Crippen molar-refractivity contribution in [3.8, 4) is 17.1 Å². The molecular formula is C19H21BrCl2F3N2O4P. The van der Waals surface area contributed by atoms with E-state index in [9.17, 15) is 17.7 Å². The fourth-order valence-corrected chi connectivity index (χ4v) is 5.53. The van der Waals surface area contributed by atoms with Gasteiger partial charge in [0.1, 0.15) is 20.8 Å². The fourth-order valence-electron chi connectivity index (χ4n) is 2.61. The molecule has 6 nitrogen and oxygen atoms in total. The summed E-state index contributed by atoms with van der Waals surface area (Å²) in [7, 11) is -2.44. The van der Waals surface area contributed by atoms with Crippen molar-refractivity contribution in [3.05, 3.63) is 37.8 Å². The Kier molecular flexibility index (Phi) is 9.30. The molecule has 0 bridgehead atoms. The second-order valence-corrected chi connectivity index (χ2v) is 11.2. The fraction of sp³-hybridized carbons (Fsp3) is 0.421. The third-order valence-electron chi connectivity index (χ3n) is 3.72. The Balaban J connectivity index is 2.59. The van der Waals surface area contributed by atoms with Crippen LogP contribution in [-0.2, 0) is 20.7 Å². The summed E-state index contributed by atoms with van der Waals surface area (Å²) in [5, 5.41) is 3.66. The van der Waals surface area contributed by atoms with Crippen molar-refractivity contribution < 1.29 is 31.5 Å². The zero-order chi connectivity index (χ0) is 24.4. The van der Waals surface area contributed by atoms with E-state index in [1.807, 2.05) is 0 Å². The van der Waals surface area contributed by atoms with E-state index < -0.39 is 38.1 Å². The summed E-state index contributed by atoms with van der Waals surface area (Å²) in [5.74, 6) is -1.23. The van der Waals surface area contributed by atoms with Gasteiger partial charge in [0.15, 0.2) is 0 Å². The van der Waals surface area contributed by atoms with Gasteiger partial charge in [0.05, 0.1) is 17.2 Å². The molecule has 0 radical (unpaired) electrons. The summed E-state index contributed by atoms with van der Waals surface area (Å²) in [4.78, 5) is 0. The zero-order valence-corrected chi connectivity index (χ0v) is 21.7. The first kappa shape index (κ1) is 27.2. The van der Waals surface area contributed by atoms with Crippen LogP contribution in [0.25, 0.3) is 17.3 Å². The molecule has 0 N–H and O–H groups in total. The second kappa shape index (κ2) is 10.9. The van der Waals surface area contributed by atoms with Crippen LogP contribution in [0, 0.1) is 5.82 Å². The molecule has 178 valence electrons. The summed E-state index contributed by atoms with van der Waals surface area (Å²) in [6, 6.07) is 2.29. The van der Waals surface area contributed by atoms with Crippen LogP contribution in [0.4, 0.5) is 13.2 Å². The monoisotopic (exact) mass is 578 g/mol. The lowest BCUT2D eigenvalue weighted by atomic mass is 10.1. The summed E-state index contributed by atoms with van der Waals surface area (Å²) < 4.78 is 69.7. The normalized spacial score (nSPS) is 13.0. The number of aromatic nitrogens is 2. The lowest BCUT2D eigenvalue weighted by Crippen LogP contribution is -2.07. The number of benzene rings is 1. The number of hydrogen-bond acceptors (Lipinski definition) is 5. The molecule has 1 aromatic heterocycles. The molecule has 0 aliphatic rings. The molecule has 0 unspecified atom stereocenters. The van der Waals surface area contributed by atoms with E-state index in [2.05, 4.69) is 25.8 Å². The summed E-state index contributed by atoms with van der Waals surface area (Å²) >= 11 is 15.5. The molecule has 0 saturated heterocycles. The van der Waals surface area contributed by atoms with Crippen LogP contribution >= 0.6 is 46.7 Å². The number of rotatable bonds is 9. The third-order valence-corrected chi connectivity index (χ3v) is 7.97. The standard InChI is InChI=1S/C19H21BrCl2F3N2O4P/c1-9(2)30-32(28,31-10(3)4)15(20)7-11-6-12(14(23)8-13(11)21)17-16(22)18(27(5)26-17)29-19(24)25/h6-10,19H,1-5H3. The van der Waals surface area contributed by atoms with Crippen LogP contribution in [0.5, 0.6) is 5.88 Å². The highest BCUT2D eigenvalue weighted by molar-refractivity contribution is 9.13. The van der Waals surface area contributed by atoms with Crippen molar-refractivity contribution in [1.82, 2.24) is 9.78 Å². The maximum Gasteiger partial charge on any atom is 0.388 e. The smallest absolute Gasteiger partial charge is 0.388 e. The molecule has 13 heteroatoms. The highest BCUT2D eigenvalue weighted by Gasteiger charge is 2.32. The summed E-state index contributed by atoms with van der Waals surface area (Å²) in [5.41, 5.74) is -0.0345. The first-order valence-electron chi connectivity index (χ1n) is 9.26. The Labute approximate surface area is 202 Å². The Hall–Kier alpha value is -1.03. The van der Waals surface area contributed by atoms with Crippen molar-refractivity contribution in [2.24, 2.45) is 7.05 Å². The highest BCUT2D eigenvalue weighted by atomic mass is 79.9. The minimum atomic E-state index is -3.76. The number of alkyl halides is 2. The molecule has 0 atom stereocenters. The first-order chi connectivity index (χ1) is 14.7. The van der Waals surface area contributed by atoms with Gasteiger partial charge in [0.25, 0.3) is 0 Å². The van der Waals surface area contributed by atoms with E-state index in [0.29, 0.717) is 0 Å². The van der Waals surface area contributed by atoms with E-state index in [-0.39, 0.29) is 31.1 Å².